The second-order valence-electron chi connectivity index (χ2n) is 8.23. The molecule has 3 fully saturated rings. The summed E-state index contributed by atoms with van der Waals surface area (Å²) in [6.45, 7) is 8.75. The van der Waals surface area contributed by atoms with Crippen molar-refractivity contribution in [2.45, 2.75) is 25.8 Å². The van der Waals surface area contributed by atoms with Crippen LogP contribution >= 0.6 is 0 Å². The Balaban J connectivity index is 1.24. The first-order valence-electron chi connectivity index (χ1n) is 10.9. The zero-order valence-electron chi connectivity index (χ0n) is 17.5. The van der Waals surface area contributed by atoms with Crippen LogP contribution in [-0.2, 0) is 16.1 Å². The number of ether oxygens (including phenoxy) is 1. The van der Waals surface area contributed by atoms with E-state index in [1.807, 2.05) is 11.9 Å². The van der Waals surface area contributed by atoms with Gasteiger partial charge in [-0.15, -0.1) is 0 Å². The smallest absolute Gasteiger partial charge is 0.227 e. The quantitative estimate of drug-likeness (QED) is 0.601. The van der Waals surface area contributed by atoms with Gasteiger partial charge in [-0.2, -0.15) is 0 Å². The third-order valence-electron chi connectivity index (χ3n) is 6.20. The van der Waals surface area contributed by atoms with E-state index >= 15 is 0 Å². The molecule has 4 rings (SSSR count). The topological polar surface area (TPSA) is 60.4 Å². The summed E-state index contributed by atoms with van der Waals surface area (Å²) in [6.07, 6.45) is 2.83. The molecule has 1 unspecified atom stereocenters. The van der Waals surface area contributed by atoms with E-state index in [1.54, 1.807) is 0 Å². The van der Waals surface area contributed by atoms with Crippen molar-refractivity contribution in [1.82, 2.24) is 15.1 Å². The van der Waals surface area contributed by atoms with Gasteiger partial charge in [-0.05, 0) is 36.5 Å². The van der Waals surface area contributed by atoms with Gasteiger partial charge < -0.3 is 19.9 Å². The van der Waals surface area contributed by atoms with Crippen molar-refractivity contribution in [1.29, 1.82) is 0 Å². The first kappa shape index (κ1) is 20.2. The molecular weight excluding hydrogens is 366 g/mol. The highest BCUT2D eigenvalue weighted by Gasteiger charge is 2.24. The lowest BCUT2D eigenvalue weighted by Crippen LogP contribution is -2.53. The van der Waals surface area contributed by atoms with E-state index in [2.05, 4.69) is 44.4 Å². The predicted octanol–water partition coefficient (Wildman–Crippen LogP) is 1.54. The Morgan fingerprint density at radius 2 is 1.97 bits per heavy atom. The third kappa shape index (κ3) is 5.08. The van der Waals surface area contributed by atoms with E-state index in [9.17, 15) is 4.79 Å². The number of hydrogen-bond donors (Lipinski definition) is 1. The third-order valence-corrected chi connectivity index (χ3v) is 6.20. The molecule has 29 heavy (non-hydrogen) atoms. The van der Waals surface area contributed by atoms with Crippen LogP contribution in [0.4, 0.5) is 5.69 Å². The Labute approximate surface area is 173 Å². The molecule has 0 aliphatic carbocycles. The fraction of sp³-hybridized carbons (Fsp3) is 0.636. The van der Waals surface area contributed by atoms with Gasteiger partial charge in [0.2, 0.25) is 5.91 Å². The summed E-state index contributed by atoms with van der Waals surface area (Å²) < 4.78 is 5.51. The van der Waals surface area contributed by atoms with Crippen LogP contribution < -0.4 is 10.2 Å². The molecule has 1 amide bonds. The number of nitrogens with zero attached hydrogens (tertiary/aromatic N) is 4. The molecule has 1 aromatic carbocycles. The van der Waals surface area contributed by atoms with Gasteiger partial charge in [-0.3, -0.25) is 14.7 Å². The van der Waals surface area contributed by atoms with Crippen LogP contribution in [0, 0.1) is 5.92 Å². The molecule has 3 heterocycles. The second-order valence-corrected chi connectivity index (χ2v) is 8.23. The van der Waals surface area contributed by atoms with E-state index < -0.39 is 0 Å². The fourth-order valence-electron chi connectivity index (χ4n) is 4.46. The minimum absolute atomic E-state index is 0.232. The summed E-state index contributed by atoms with van der Waals surface area (Å²) in [5, 5.41) is 3.50. The summed E-state index contributed by atoms with van der Waals surface area (Å²) >= 11 is 0. The lowest BCUT2D eigenvalue weighted by Gasteiger charge is -2.37. The number of hydrogen-bond acceptors (Lipinski definition) is 4. The van der Waals surface area contributed by atoms with Crippen molar-refractivity contribution in [2.75, 3.05) is 64.4 Å². The largest absolute Gasteiger partial charge is 0.381 e. The van der Waals surface area contributed by atoms with Gasteiger partial charge in [-0.25, -0.2) is 0 Å². The number of piperazine rings is 1. The lowest BCUT2D eigenvalue weighted by molar-refractivity contribution is -0.117. The number of aliphatic imine (C=N–C) groups is 1. The minimum Gasteiger partial charge on any atom is -0.381 e. The summed E-state index contributed by atoms with van der Waals surface area (Å²) in [7, 11) is 1.85. The molecule has 1 N–H and O–H groups in total. The van der Waals surface area contributed by atoms with Gasteiger partial charge in [0.25, 0.3) is 0 Å². The Hall–Kier alpha value is -2.12. The van der Waals surface area contributed by atoms with Crippen LogP contribution in [0.25, 0.3) is 0 Å². The molecule has 3 saturated heterocycles. The SMILES string of the molecule is CN=C(NCc1ccc(N2CCCC2=O)cc1)N1CCN(CC2CCOC2)CC1. The summed E-state index contributed by atoms with van der Waals surface area (Å²) in [5.41, 5.74) is 2.20. The lowest BCUT2D eigenvalue weighted by atomic mass is 10.1. The summed E-state index contributed by atoms with van der Waals surface area (Å²) in [4.78, 5) is 23.2. The predicted molar refractivity (Wildman–Crippen MR) is 115 cm³/mol. The fourth-order valence-corrected chi connectivity index (χ4v) is 4.46. The van der Waals surface area contributed by atoms with Crippen LogP contribution in [0.15, 0.2) is 29.3 Å². The van der Waals surface area contributed by atoms with E-state index in [-0.39, 0.29) is 5.91 Å². The maximum absolute atomic E-state index is 11.9. The molecule has 7 heteroatoms. The molecule has 7 nitrogen and oxygen atoms in total. The number of nitrogens with one attached hydrogen (secondary N) is 1. The molecule has 3 aliphatic heterocycles. The molecule has 0 spiro atoms. The normalized spacial score (nSPS) is 23.8. The Morgan fingerprint density at radius 1 is 1.17 bits per heavy atom. The molecule has 0 radical (unpaired) electrons. The molecular formula is C22H33N5O2. The molecule has 0 bridgehead atoms. The van der Waals surface area contributed by atoms with Gasteiger partial charge >= 0.3 is 0 Å². The highest BCUT2D eigenvalue weighted by Crippen LogP contribution is 2.21. The van der Waals surface area contributed by atoms with Crippen LogP contribution in [0.1, 0.15) is 24.8 Å². The van der Waals surface area contributed by atoms with Crippen LogP contribution in [0.2, 0.25) is 0 Å². The van der Waals surface area contributed by atoms with Crippen LogP contribution in [0.5, 0.6) is 0 Å². The molecule has 158 valence electrons. The number of amides is 1. The molecule has 1 atom stereocenters. The molecule has 0 saturated carbocycles. The Bertz CT molecular complexity index is 706. The van der Waals surface area contributed by atoms with Crippen LogP contribution in [-0.4, -0.2) is 81.2 Å². The average molecular weight is 400 g/mol. The van der Waals surface area contributed by atoms with Crippen molar-refractivity contribution in [3.05, 3.63) is 29.8 Å². The van der Waals surface area contributed by atoms with E-state index in [1.165, 1.54) is 12.0 Å². The van der Waals surface area contributed by atoms with Crippen molar-refractivity contribution in [3.63, 3.8) is 0 Å². The molecule has 0 aromatic heterocycles. The average Bonchev–Trinajstić information content (AvgIpc) is 3.42. The monoisotopic (exact) mass is 399 g/mol. The van der Waals surface area contributed by atoms with Gasteiger partial charge in [0.05, 0.1) is 6.61 Å². The number of guanidine groups is 1. The van der Waals surface area contributed by atoms with Gasteiger partial charge in [0.15, 0.2) is 5.96 Å². The number of carbonyl (C=O) groups is 1. The zero-order chi connectivity index (χ0) is 20.1. The van der Waals surface area contributed by atoms with Crippen LogP contribution in [0.3, 0.4) is 0 Å². The first-order chi connectivity index (χ1) is 14.2. The molecule has 3 aliphatic rings. The standard InChI is InChI=1S/C22H33N5O2/c1-23-22(26-12-10-25(11-13-26)16-19-8-14-29-17-19)24-15-18-4-6-20(7-5-18)27-9-2-3-21(27)28/h4-7,19H,2-3,8-17H2,1H3,(H,23,24). The van der Waals surface area contributed by atoms with Crippen molar-refractivity contribution < 1.29 is 9.53 Å². The minimum atomic E-state index is 0.232. The number of benzene rings is 1. The van der Waals surface area contributed by atoms with Gasteiger partial charge in [0, 0.05) is 71.6 Å². The Morgan fingerprint density at radius 3 is 2.59 bits per heavy atom. The van der Waals surface area contributed by atoms with Crippen molar-refractivity contribution in [2.24, 2.45) is 10.9 Å². The summed E-state index contributed by atoms with van der Waals surface area (Å²) in [6, 6.07) is 8.30. The van der Waals surface area contributed by atoms with Crippen molar-refractivity contribution >= 4 is 17.6 Å². The maximum atomic E-state index is 11.9. The molecule has 1 aromatic rings. The second kappa shape index (κ2) is 9.59. The van der Waals surface area contributed by atoms with Gasteiger partial charge in [0.1, 0.15) is 0 Å². The number of carbonyl (C=O) groups excluding carboxylic acids is 1. The van der Waals surface area contributed by atoms with E-state index in [0.29, 0.717) is 12.3 Å². The highest BCUT2D eigenvalue weighted by atomic mass is 16.5. The highest BCUT2D eigenvalue weighted by molar-refractivity contribution is 5.95. The first-order valence-corrected chi connectivity index (χ1v) is 10.9. The van der Waals surface area contributed by atoms with E-state index in [0.717, 1.165) is 77.1 Å². The number of anilines is 1. The van der Waals surface area contributed by atoms with Gasteiger partial charge in [-0.1, -0.05) is 12.1 Å². The summed E-state index contributed by atoms with van der Waals surface area (Å²) in [5.74, 6) is 1.90. The zero-order valence-corrected chi connectivity index (χ0v) is 17.5. The Kier molecular flexibility index (Phi) is 6.67. The number of rotatable bonds is 5. The van der Waals surface area contributed by atoms with Crippen molar-refractivity contribution in [3.8, 4) is 0 Å². The van der Waals surface area contributed by atoms with E-state index in [4.69, 9.17) is 4.74 Å². The maximum Gasteiger partial charge on any atom is 0.227 e.